The molecule has 10 heteroatoms. The molecular formula is C18H20F3N3O3S. The fourth-order valence-electron chi connectivity index (χ4n) is 2.73. The van der Waals surface area contributed by atoms with Gasteiger partial charge in [-0.15, -0.1) is 0 Å². The van der Waals surface area contributed by atoms with Crippen LogP contribution in [0.25, 0.3) is 11.0 Å². The van der Waals surface area contributed by atoms with E-state index in [-0.39, 0.29) is 16.7 Å². The summed E-state index contributed by atoms with van der Waals surface area (Å²) in [6.07, 6.45) is -0.0106. The van der Waals surface area contributed by atoms with E-state index in [0.717, 1.165) is 11.3 Å². The minimum Gasteiger partial charge on any atom is -0.431 e. The number of rotatable bonds is 8. The number of allylic oxidation sites excluding steroid dienone is 2. The molecule has 1 aliphatic rings. The first kappa shape index (κ1) is 20.4. The Kier molecular flexibility index (Phi) is 6.09. The number of nitrogens with one attached hydrogen (secondary N) is 1. The van der Waals surface area contributed by atoms with E-state index in [1.165, 1.54) is 18.2 Å². The molecule has 3 rings (SSSR count). The standard InChI is InChI=1S/C18H20F3N3O3S/c1-3-26-24-8-4-5-12(2)16(24)10-28(25)17-22-14-7-6-13(9-15(14)23-17)27-18(20,21)11-19/h4-7,9H,3,8,10-11H2,1-2H3,(H,22,23). The molecule has 2 aromatic rings. The molecule has 6 nitrogen and oxygen atoms in total. The summed E-state index contributed by atoms with van der Waals surface area (Å²) < 4.78 is 55.6. The summed E-state index contributed by atoms with van der Waals surface area (Å²) in [7, 11) is -1.51. The Labute approximate surface area is 162 Å². The van der Waals surface area contributed by atoms with E-state index in [0.29, 0.717) is 24.2 Å². The number of hydrogen-bond acceptors (Lipinski definition) is 5. The number of fused-ring (bicyclic) bond motifs is 1. The second-order valence-corrected chi connectivity index (χ2v) is 7.46. The normalized spacial score (nSPS) is 16.1. The number of benzene rings is 1. The molecule has 0 saturated carbocycles. The molecular weight excluding hydrogens is 395 g/mol. The highest BCUT2D eigenvalue weighted by molar-refractivity contribution is 7.85. The van der Waals surface area contributed by atoms with Gasteiger partial charge in [-0.25, -0.2) is 9.37 Å². The van der Waals surface area contributed by atoms with Crippen molar-refractivity contribution >= 4 is 21.8 Å². The van der Waals surface area contributed by atoms with Gasteiger partial charge in [0.25, 0.3) is 0 Å². The van der Waals surface area contributed by atoms with Crippen LogP contribution >= 0.6 is 0 Å². The average molecular weight is 415 g/mol. The van der Waals surface area contributed by atoms with Gasteiger partial charge >= 0.3 is 6.11 Å². The Bertz CT molecular complexity index is 943. The molecule has 0 fully saturated rings. The Morgan fingerprint density at radius 3 is 2.89 bits per heavy atom. The fourth-order valence-corrected chi connectivity index (χ4v) is 3.91. The summed E-state index contributed by atoms with van der Waals surface area (Å²) in [6.45, 7) is 2.88. The largest absolute Gasteiger partial charge is 0.431 e. The molecule has 1 aliphatic heterocycles. The topological polar surface area (TPSA) is 67.4 Å². The van der Waals surface area contributed by atoms with E-state index < -0.39 is 23.6 Å². The van der Waals surface area contributed by atoms with Gasteiger partial charge in [0.15, 0.2) is 11.8 Å². The quantitative estimate of drug-likeness (QED) is 0.712. The van der Waals surface area contributed by atoms with Gasteiger partial charge in [0.2, 0.25) is 0 Å². The van der Waals surface area contributed by atoms with Crippen LogP contribution in [0.2, 0.25) is 0 Å². The molecule has 0 amide bonds. The predicted molar refractivity (Wildman–Crippen MR) is 99.1 cm³/mol. The zero-order valence-electron chi connectivity index (χ0n) is 15.4. The van der Waals surface area contributed by atoms with E-state index in [2.05, 4.69) is 14.7 Å². The fraction of sp³-hybridized carbons (Fsp3) is 0.389. The average Bonchev–Trinajstić information content (AvgIpc) is 3.08. The number of nitrogens with zero attached hydrogens (tertiary/aromatic N) is 2. The minimum atomic E-state index is -3.90. The number of alkyl halides is 3. The molecule has 0 bridgehead atoms. The van der Waals surface area contributed by atoms with Gasteiger partial charge in [-0.05, 0) is 31.6 Å². The second-order valence-electron chi connectivity index (χ2n) is 6.09. The lowest BCUT2D eigenvalue weighted by Gasteiger charge is -2.28. The molecule has 0 saturated heterocycles. The van der Waals surface area contributed by atoms with Crippen molar-refractivity contribution < 1.29 is 27.0 Å². The Morgan fingerprint density at radius 2 is 2.18 bits per heavy atom. The van der Waals surface area contributed by atoms with Crippen LogP contribution in [0.4, 0.5) is 13.2 Å². The van der Waals surface area contributed by atoms with E-state index in [1.807, 2.05) is 26.0 Å². The van der Waals surface area contributed by atoms with Crippen LogP contribution < -0.4 is 4.74 Å². The first-order chi connectivity index (χ1) is 13.3. The van der Waals surface area contributed by atoms with Crippen LogP contribution in [0.5, 0.6) is 5.75 Å². The van der Waals surface area contributed by atoms with E-state index in [1.54, 1.807) is 5.06 Å². The van der Waals surface area contributed by atoms with Gasteiger partial charge < -0.3 is 9.72 Å². The van der Waals surface area contributed by atoms with Gasteiger partial charge in [0, 0.05) is 6.07 Å². The number of aromatic nitrogens is 2. The summed E-state index contributed by atoms with van der Waals surface area (Å²) in [5.41, 5.74) is 2.53. The lowest BCUT2D eigenvalue weighted by molar-refractivity contribution is -0.186. The van der Waals surface area contributed by atoms with E-state index in [9.17, 15) is 17.4 Å². The molecule has 152 valence electrons. The molecule has 0 spiro atoms. The first-order valence-corrected chi connectivity index (χ1v) is 9.92. The summed E-state index contributed by atoms with van der Waals surface area (Å²) in [6, 6.07) is 3.97. The van der Waals surface area contributed by atoms with Crippen molar-refractivity contribution in [1.29, 1.82) is 0 Å². The third-order valence-corrected chi connectivity index (χ3v) is 5.18. The lowest BCUT2D eigenvalue weighted by atomic mass is 10.2. The van der Waals surface area contributed by atoms with Gasteiger partial charge in [0.1, 0.15) is 5.75 Å². The highest BCUT2D eigenvalue weighted by Gasteiger charge is 2.31. The highest BCUT2D eigenvalue weighted by atomic mass is 32.2. The SMILES string of the molecule is CCON1CC=CC(C)=C1CS(=O)c1nc2ccc(OC(F)(F)CF)cc2[nH]1. The van der Waals surface area contributed by atoms with Crippen LogP contribution in [0, 0.1) is 0 Å². The van der Waals surface area contributed by atoms with Crippen molar-refractivity contribution in [2.75, 3.05) is 25.6 Å². The molecule has 1 aromatic carbocycles. The molecule has 1 unspecified atom stereocenters. The van der Waals surface area contributed by atoms with Crippen LogP contribution in [0.15, 0.2) is 46.8 Å². The maximum Gasteiger partial charge on any atom is 0.427 e. The first-order valence-electron chi connectivity index (χ1n) is 8.60. The smallest absolute Gasteiger partial charge is 0.427 e. The zero-order chi connectivity index (χ0) is 20.3. The molecule has 1 aromatic heterocycles. The van der Waals surface area contributed by atoms with Crippen LogP contribution in [0.3, 0.4) is 0 Å². The number of H-pyrrole nitrogens is 1. The predicted octanol–water partition coefficient (Wildman–Crippen LogP) is 3.71. The third kappa shape index (κ3) is 4.56. The van der Waals surface area contributed by atoms with Crippen molar-refractivity contribution in [3.63, 3.8) is 0 Å². The monoisotopic (exact) mass is 415 g/mol. The maximum atomic E-state index is 13.1. The van der Waals surface area contributed by atoms with Crippen molar-refractivity contribution in [3.05, 3.63) is 41.6 Å². The summed E-state index contributed by atoms with van der Waals surface area (Å²) in [5.74, 6) is -0.0335. The van der Waals surface area contributed by atoms with Gasteiger partial charge in [-0.2, -0.15) is 8.78 Å². The Hall–Kier alpha value is -2.33. The molecule has 2 heterocycles. The highest BCUT2D eigenvalue weighted by Crippen LogP contribution is 2.26. The molecule has 28 heavy (non-hydrogen) atoms. The summed E-state index contributed by atoms with van der Waals surface area (Å²) >= 11 is 0. The number of ether oxygens (including phenoxy) is 1. The minimum absolute atomic E-state index is 0.180. The number of hydrogen-bond donors (Lipinski definition) is 1. The van der Waals surface area contributed by atoms with Crippen LogP contribution in [0.1, 0.15) is 13.8 Å². The van der Waals surface area contributed by atoms with Gasteiger partial charge in [0.05, 0.1) is 46.4 Å². The zero-order valence-corrected chi connectivity index (χ0v) is 16.2. The van der Waals surface area contributed by atoms with Crippen molar-refractivity contribution in [2.24, 2.45) is 0 Å². The summed E-state index contributed by atoms with van der Waals surface area (Å²) in [4.78, 5) is 12.7. The van der Waals surface area contributed by atoms with Gasteiger partial charge in [-0.3, -0.25) is 14.1 Å². The van der Waals surface area contributed by atoms with Crippen molar-refractivity contribution in [1.82, 2.24) is 15.0 Å². The maximum absolute atomic E-state index is 13.1. The third-order valence-electron chi connectivity index (χ3n) is 4.02. The van der Waals surface area contributed by atoms with Crippen LogP contribution in [-0.2, 0) is 15.6 Å². The van der Waals surface area contributed by atoms with Crippen molar-refractivity contribution in [3.8, 4) is 5.75 Å². The van der Waals surface area contributed by atoms with Gasteiger partial charge in [-0.1, -0.05) is 12.2 Å². The number of halogens is 3. The molecule has 0 radical (unpaired) electrons. The number of imidazole rings is 1. The lowest BCUT2D eigenvalue weighted by Crippen LogP contribution is -2.29. The number of hydroxylamine groups is 2. The van der Waals surface area contributed by atoms with Crippen LogP contribution in [-0.4, -0.2) is 50.9 Å². The molecule has 0 aliphatic carbocycles. The van der Waals surface area contributed by atoms with E-state index >= 15 is 0 Å². The number of aromatic amines is 1. The molecule has 1 N–H and O–H groups in total. The Balaban J connectivity index is 1.81. The summed E-state index contributed by atoms with van der Waals surface area (Å²) in [5, 5.41) is 1.90. The van der Waals surface area contributed by atoms with Crippen molar-refractivity contribution in [2.45, 2.75) is 25.1 Å². The molecule has 1 atom stereocenters. The second kappa shape index (κ2) is 8.36. The Morgan fingerprint density at radius 1 is 1.39 bits per heavy atom. The van der Waals surface area contributed by atoms with E-state index in [4.69, 9.17) is 4.84 Å².